The second-order valence-corrected chi connectivity index (χ2v) is 9.77. The van der Waals surface area contributed by atoms with Crippen molar-refractivity contribution in [2.45, 2.75) is 37.5 Å². The highest BCUT2D eigenvalue weighted by Gasteiger charge is 2.70. The number of rotatable bonds is 1. The first-order valence-electron chi connectivity index (χ1n) is 11.4. The second-order valence-electron chi connectivity index (χ2n) is 9.77. The zero-order chi connectivity index (χ0) is 19.9. The van der Waals surface area contributed by atoms with Crippen LogP contribution in [0.2, 0.25) is 0 Å². The van der Waals surface area contributed by atoms with Gasteiger partial charge in [0.2, 0.25) is 0 Å². The molecule has 1 fully saturated rings. The lowest BCUT2D eigenvalue weighted by Gasteiger charge is -2.37. The Balaban J connectivity index is 1.52. The zero-order valence-electron chi connectivity index (χ0n) is 17.4. The smallest absolute Gasteiger partial charge is 0.00995 e. The van der Waals surface area contributed by atoms with E-state index >= 15 is 0 Å². The van der Waals surface area contributed by atoms with E-state index in [-0.39, 0.29) is 5.41 Å². The first-order chi connectivity index (χ1) is 14.8. The van der Waals surface area contributed by atoms with Crippen LogP contribution >= 0.6 is 0 Å². The molecule has 0 radical (unpaired) electrons. The number of fused-ring (bicyclic) bond motifs is 3. The van der Waals surface area contributed by atoms with Crippen molar-refractivity contribution in [3.63, 3.8) is 0 Å². The molecule has 4 aromatic rings. The van der Waals surface area contributed by atoms with Gasteiger partial charge in [-0.1, -0.05) is 84.9 Å². The molecule has 0 heterocycles. The summed E-state index contributed by atoms with van der Waals surface area (Å²) in [4.78, 5) is 0. The molecule has 0 amide bonds. The third-order valence-corrected chi connectivity index (χ3v) is 8.55. The first kappa shape index (κ1) is 16.9. The van der Waals surface area contributed by atoms with E-state index in [9.17, 15) is 0 Å². The van der Waals surface area contributed by atoms with Crippen LogP contribution in [0.4, 0.5) is 0 Å². The SMILES string of the molecule is Cc1ccccc1[C@]12C3c4ccccc4C[C@H]1Cc1cccc4cccc(c14)C[C@@H]32. The Hall–Kier alpha value is -2.86. The van der Waals surface area contributed by atoms with Crippen LogP contribution < -0.4 is 0 Å². The van der Waals surface area contributed by atoms with Gasteiger partial charge in [0.25, 0.3) is 0 Å². The summed E-state index contributed by atoms with van der Waals surface area (Å²) in [5, 5.41) is 2.96. The topological polar surface area (TPSA) is 0 Å². The molecule has 0 heteroatoms. The minimum Gasteiger partial charge on any atom is -0.0620 e. The van der Waals surface area contributed by atoms with Crippen molar-refractivity contribution in [3.05, 3.63) is 118 Å². The van der Waals surface area contributed by atoms with Gasteiger partial charge in [0.1, 0.15) is 0 Å². The maximum absolute atomic E-state index is 2.44. The van der Waals surface area contributed by atoms with Gasteiger partial charge in [-0.15, -0.1) is 0 Å². The fourth-order valence-electron chi connectivity index (χ4n) is 7.49. The largest absolute Gasteiger partial charge is 0.0620 e. The average molecular weight is 387 g/mol. The molecule has 0 spiro atoms. The number of aryl methyl sites for hydroxylation is 1. The predicted octanol–water partition coefficient (Wildman–Crippen LogP) is 6.77. The van der Waals surface area contributed by atoms with E-state index in [1.54, 1.807) is 33.2 Å². The van der Waals surface area contributed by atoms with Crippen LogP contribution in [-0.2, 0) is 24.7 Å². The van der Waals surface area contributed by atoms with Crippen molar-refractivity contribution in [1.29, 1.82) is 0 Å². The van der Waals surface area contributed by atoms with E-state index in [1.807, 2.05) is 0 Å². The highest BCUT2D eigenvalue weighted by Crippen LogP contribution is 2.74. The summed E-state index contributed by atoms with van der Waals surface area (Å²) < 4.78 is 0. The maximum atomic E-state index is 2.44. The van der Waals surface area contributed by atoms with Crippen LogP contribution in [0, 0.1) is 18.8 Å². The minimum absolute atomic E-state index is 0.287. The van der Waals surface area contributed by atoms with Gasteiger partial charge in [-0.25, -0.2) is 0 Å². The normalized spacial score (nSPS) is 28.2. The highest BCUT2D eigenvalue weighted by atomic mass is 14.7. The lowest BCUT2D eigenvalue weighted by atomic mass is 9.67. The summed E-state index contributed by atoms with van der Waals surface area (Å²) in [6, 6.07) is 32.5. The molecular weight excluding hydrogens is 360 g/mol. The third-order valence-electron chi connectivity index (χ3n) is 8.55. The molecule has 3 aliphatic carbocycles. The van der Waals surface area contributed by atoms with Crippen molar-refractivity contribution < 1.29 is 0 Å². The monoisotopic (exact) mass is 386 g/mol. The van der Waals surface area contributed by atoms with Crippen LogP contribution in [0.3, 0.4) is 0 Å². The molecule has 146 valence electrons. The van der Waals surface area contributed by atoms with Crippen LogP contribution in [-0.4, -0.2) is 0 Å². The summed E-state index contributed by atoms with van der Waals surface area (Å²) in [6.45, 7) is 2.33. The van der Waals surface area contributed by atoms with Crippen LogP contribution in [0.5, 0.6) is 0 Å². The van der Waals surface area contributed by atoms with E-state index < -0.39 is 0 Å². The minimum atomic E-state index is 0.287. The van der Waals surface area contributed by atoms with E-state index in [0.717, 1.165) is 0 Å². The molecule has 0 saturated heterocycles. The molecule has 0 bridgehead atoms. The standard InChI is InChI=1S/C30H26/c1-19-8-2-5-15-26(19)30-24-16-21-9-3-4-14-25(21)29(30)27(30)18-23-13-7-11-20-10-6-12-22(17-24)28(20)23/h2-15,24,27,29H,16-18H2,1H3/t24-,27-,29?,30+/m0/s1. The molecule has 1 saturated carbocycles. The maximum Gasteiger partial charge on any atom is 0.00995 e. The number of benzene rings is 4. The van der Waals surface area contributed by atoms with Gasteiger partial charge in [0.15, 0.2) is 0 Å². The Morgan fingerprint density at radius 2 is 1.33 bits per heavy atom. The van der Waals surface area contributed by atoms with Crippen molar-refractivity contribution in [2.75, 3.05) is 0 Å². The van der Waals surface area contributed by atoms with Crippen LogP contribution in [0.1, 0.15) is 39.3 Å². The van der Waals surface area contributed by atoms with Gasteiger partial charge >= 0.3 is 0 Å². The van der Waals surface area contributed by atoms with Crippen molar-refractivity contribution in [1.82, 2.24) is 0 Å². The lowest BCUT2D eigenvalue weighted by Crippen LogP contribution is -2.33. The molecule has 0 N–H and O–H groups in total. The molecule has 0 nitrogen and oxygen atoms in total. The molecule has 4 aromatic carbocycles. The molecule has 7 rings (SSSR count). The summed E-state index contributed by atoms with van der Waals surface area (Å²) in [5.41, 5.74) is 9.72. The molecule has 30 heavy (non-hydrogen) atoms. The van der Waals surface area contributed by atoms with Gasteiger partial charge in [0, 0.05) is 5.41 Å². The Morgan fingerprint density at radius 3 is 2.17 bits per heavy atom. The molecular formula is C30H26. The molecule has 0 aromatic heterocycles. The Kier molecular flexibility index (Phi) is 3.29. The van der Waals surface area contributed by atoms with Gasteiger partial charge in [-0.05, 0) is 88.1 Å². The average Bonchev–Trinajstić information content (AvgIpc) is 3.43. The second kappa shape index (κ2) is 5.85. The van der Waals surface area contributed by atoms with Crippen LogP contribution in [0.25, 0.3) is 10.8 Å². The summed E-state index contributed by atoms with van der Waals surface area (Å²) in [6.07, 6.45) is 3.58. The Morgan fingerprint density at radius 1 is 0.667 bits per heavy atom. The Labute approximate surface area is 178 Å². The summed E-state index contributed by atoms with van der Waals surface area (Å²) in [5.74, 6) is 2.02. The lowest BCUT2D eigenvalue weighted by molar-refractivity contribution is 0.350. The van der Waals surface area contributed by atoms with Gasteiger partial charge in [-0.2, -0.15) is 0 Å². The first-order valence-corrected chi connectivity index (χ1v) is 11.4. The highest BCUT2D eigenvalue weighted by molar-refractivity contribution is 5.89. The van der Waals surface area contributed by atoms with E-state index in [2.05, 4.69) is 91.9 Å². The van der Waals surface area contributed by atoms with Gasteiger partial charge in [-0.3, -0.25) is 0 Å². The van der Waals surface area contributed by atoms with Crippen molar-refractivity contribution in [2.24, 2.45) is 11.8 Å². The summed E-state index contributed by atoms with van der Waals surface area (Å²) in [7, 11) is 0. The number of hydrogen-bond donors (Lipinski definition) is 0. The van der Waals surface area contributed by atoms with Crippen LogP contribution in [0.15, 0.2) is 84.9 Å². The van der Waals surface area contributed by atoms with E-state index in [1.165, 1.54) is 30.2 Å². The fourth-order valence-corrected chi connectivity index (χ4v) is 7.49. The van der Waals surface area contributed by atoms with Crippen molar-refractivity contribution in [3.8, 4) is 0 Å². The molecule has 4 atom stereocenters. The van der Waals surface area contributed by atoms with Gasteiger partial charge in [0.05, 0.1) is 0 Å². The molecule has 0 aliphatic heterocycles. The quantitative estimate of drug-likeness (QED) is 0.339. The fraction of sp³-hybridized carbons (Fsp3) is 0.267. The van der Waals surface area contributed by atoms with E-state index in [4.69, 9.17) is 0 Å². The predicted molar refractivity (Wildman–Crippen MR) is 124 cm³/mol. The zero-order valence-corrected chi connectivity index (χ0v) is 17.4. The van der Waals surface area contributed by atoms with Crippen molar-refractivity contribution >= 4 is 10.8 Å². The molecule has 3 aliphatic rings. The Bertz CT molecular complexity index is 1310. The van der Waals surface area contributed by atoms with E-state index in [0.29, 0.717) is 17.8 Å². The summed E-state index contributed by atoms with van der Waals surface area (Å²) >= 11 is 0. The molecule has 1 unspecified atom stereocenters. The number of hydrogen-bond acceptors (Lipinski definition) is 0. The van der Waals surface area contributed by atoms with Gasteiger partial charge < -0.3 is 0 Å². The third kappa shape index (κ3) is 2.02.